The Morgan fingerprint density at radius 1 is 1.18 bits per heavy atom. The zero-order valence-corrected chi connectivity index (χ0v) is 11.3. The molecule has 0 aliphatic heterocycles. The Bertz CT molecular complexity index is 871. The molecule has 0 aliphatic carbocycles. The van der Waals surface area contributed by atoms with Crippen molar-refractivity contribution in [2.24, 2.45) is 5.73 Å². The van der Waals surface area contributed by atoms with Crippen LogP contribution in [0.25, 0.3) is 11.0 Å². The van der Waals surface area contributed by atoms with Crippen LogP contribution in [0.1, 0.15) is 20.7 Å². The van der Waals surface area contributed by atoms with Gasteiger partial charge >= 0.3 is 0 Å². The first-order valence-electron chi connectivity index (χ1n) is 6.38. The van der Waals surface area contributed by atoms with Gasteiger partial charge in [0.05, 0.1) is 17.4 Å². The number of fused-ring (bicyclic) bond motifs is 1. The molecule has 6 nitrogen and oxygen atoms in total. The Hall–Kier alpha value is -3.22. The second kappa shape index (κ2) is 5.28. The van der Waals surface area contributed by atoms with Gasteiger partial charge in [-0.2, -0.15) is 0 Å². The first-order chi connectivity index (χ1) is 10.5. The molecule has 2 aromatic carbocycles. The number of benzene rings is 2. The lowest BCUT2D eigenvalue weighted by molar-refractivity contribution is 0.0998. The van der Waals surface area contributed by atoms with Crippen molar-refractivity contribution in [2.45, 2.75) is 0 Å². The predicted molar refractivity (Wildman–Crippen MR) is 79.0 cm³/mol. The molecule has 2 amide bonds. The Kier molecular flexibility index (Phi) is 3.30. The molecule has 4 N–H and O–H groups in total. The van der Waals surface area contributed by atoms with Gasteiger partial charge < -0.3 is 16.0 Å². The molecule has 1 aromatic heterocycles. The van der Waals surface area contributed by atoms with Crippen LogP contribution >= 0.6 is 0 Å². The number of H-pyrrole nitrogens is 1. The molecule has 3 aromatic rings. The first kappa shape index (κ1) is 13.7. The normalized spacial score (nSPS) is 10.6. The van der Waals surface area contributed by atoms with Gasteiger partial charge in [0.25, 0.3) is 5.91 Å². The van der Waals surface area contributed by atoms with Crippen molar-refractivity contribution in [3.63, 3.8) is 0 Å². The van der Waals surface area contributed by atoms with Gasteiger partial charge in [-0.25, -0.2) is 9.37 Å². The number of primary amides is 1. The number of carbonyl (C=O) groups excluding carboxylic acids is 2. The van der Waals surface area contributed by atoms with Crippen molar-refractivity contribution < 1.29 is 14.0 Å². The summed E-state index contributed by atoms with van der Waals surface area (Å²) in [6.45, 7) is 0. The fourth-order valence-electron chi connectivity index (χ4n) is 2.10. The summed E-state index contributed by atoms with van der Waals surface area (Å²) in [5, 5.41) is 2.62. The van der Waals surface area contributed by atoms with Crippen molar-refractivity contribution in [1.82, 2.24) is 9.97 Å². The Morgan fingerprint density at radius 2 is 1.91 bits per heavy atom. The zero-order chi connectivity index (χ0) is 15.7. The van der Waals surface area contributed by atoms with Crippen LogP contribution in [0.15, 0.2) is 42.7 Å². The van der Waals surface area contributed by atoms with Crippen molar-refractivity contribution in [2.75, 3.05) is 5.32 Å². The number of halogens is 1. The van der Waals surface area contributed by atoms with Gasteiger partial charge in [0.2, 0.25) is 5.91 Å². The number of nitrogens with one attached hydrogen (secondary N) is 2. The van der Waals surface area contributed by atoms with Crippen LogP contribution in [-0.2, 0) is 0 Å². The Balaban J connectivity index is 1.90. The number of anilines is 1. The van der Waals surface area contributed by atoms with Gasteiger partial charge in [0, 0.05) is 11.3 Å². The second-order valence-electron chi connectivity index (χ2n) is 4.65. The number of nitrogens with zero attached hydrogens (tertiary/aromatic N) is 1. The average Bonchev–Trinajstić information content (AvgIpc) is 2.94. The number of nitrogens with two attached hydrogens (primary N) is 1. The van der Waals surface area contributed by atoms with E-state index in [4.69, 9.17) is 5.73 Å². The molecule has 110 valence electrons. The molecule has 0 fully saturated rings. The summed E-state index contributed by atoms with van der Waals surface area (Å²) in [4.78, 5) is 30.0. The highest BCUT2D eigenvalue weighted by molar-refractivity contribution is 6.11. The lowest BCUT2D eigenvalue weighted by Gasteiger charge is -2.06. The van der Waals surface area contributed by atoms with E-state index in [0.717, 1.165) is 6.07 Å². The maximum Gasteiger partial charge on any atom is 0.258 e. The lowest BCUT2D eigenvalue weighted by Crippen LogP contribution is -2.14. The smallest absolute Gasteiger partial charge is 0.258 e. The number of rotatable bonds is 3. The molecule has 0 atom stereocenters. The summed E-state index contributed by atoms with van der Waals surface area (Å²) in [6.07, 6.45) is 1.39. The third-order valence-electron chi connectivity index (χ3n) is 3.16. The summed E-state index contributed by atoms with van der Waals surface area (Å²) < 4.78 is 13.5. The molecule has 0 radical (unpaired) electrons. The number of hydrogen-bond donors (Lipinski definition) is 3. The molecule has 0 bridgehead atoms. The molecular formula is C15H11FN4O2. The van der Waals surface area contributed by atoms with E-state index in [2.05, 4.69) is 15.3 Å². The van der Waals surface area contributed by atoms with Gasteiger partial charge in [0.1, 0.15) is 11.3 Å². The number of amides is 2. The van der Waals surface area contributed by atoms with Crippen molar-refractivity contribution in [3.8, 4) is 0 Å². The molecule has 0 saturated heterocycles. The van der Waals surface area contributed by atoms with Crippen LogP contribution in [0.3, 0.4) is 0 Å². The lowest BCUT2D eigenvalue weighted by atomic mass is 10.1. The minimum absolute atomic E-state index is 0.121. The van der Waals surface area contributed by atoms with Crippen LogP contribution < -0.4 is 11.1 Å². The summed E-state index contributed by atoms with van der Waals surface area (Å²) >= 11 is 0. The van der Waals surface area contributed by atoms with Crippen molar-refractivity contribution in [1.29, 1.82) is 0 Å². The third-order valence-corrected chi connectivity index (χ3v) is 3.16. The molecule has 0 aliphatic rings. The van der Waals surface area contributed by atoms with Crippen molar-refractivity contribution >= 4 is 28.5 Å². The maximum absolute atomic E-state index is 13.5. The molecule has 0 spiro atoms. The molecule has 3 rings (SSSR count). The van der Waals surface area contributed by atoms with Gasteiger partial charge in [-0.05, 0) is 36.4 Å². The van der Waals surface area contributed by atoms with Crippen LogP contribution in [0.4, 0.5) is 10.1 Å². The van der Waals surface area contributed by atoms with E-state index in [0.29, 0.717) is 22.3 Å². The first-order valence-corrected chi connectivity index (χ1v) is 6.38. The van der Waals surface area contributed by atoms with E-state index in [-0.39, 0.29) is 5.56 Å². The summed E-state index contributed by atoms with van der Waals surface area (Å²) in [6, 6.07) is 8.45. The Morgan fingerprint density at radius 3 is 2.59 bits per heavy atom. The topological polar surface area (TPSA) is 101 Å². The quantitative estimate of drug-likeness (QED) is 0.689. The second-order valence-corrected chi connectivity index (χ2v) is 4.65. The van der Waals surface area contributed by atoms with E-state index in [1.807, 2.05) is 0 Å². The maximum atomic E-state index is 13.5. The summed E-state index contributed by atoms with van der Waals surface area (Å²) in [5.74, 6) is -1.59. The number of imidazole rings is 1. The Labute approximate surface area is 124 Å². The van der Waals surface area contributed by atoms with Crippen LogP contribution in [0, 0.1) is 5.82 Å². The monoisotopic (exact) mass is 298 g/mol. The fourth-order valence-corrected chi connectivity index (χ4v) is 2.10. The summed E-state index contributed by atoms with van der Waals surface area (Å²) in [7, 11) is 0. The molecule has 0 unspecified atom stereocenters. The van der Waals surface area contributed by atoms with E-state index in [9.17, 15) is 14.0 Å². The van der Waals surface area contributed by atoms with Crippen molar-refractivity contribution in [3.05, 3.63) is 59.7 Å². The number of carbonyl (C=O) groups is 2. The van der Waals surface area contributed by atoms with E-state index in [1.165, 1.54) is 24.5 Å². The van der Waals surface area contributed by atoms with Gasteiger partial charge in [-0.1, -0.05) is 0 Å². The van der Waals surface area contributed by atoms with Crippen LogP contribution in [0.2, 0.25) is 0 Å². The fraction of sp³-hybridized carbons (Fsp3) is 0. The zero-order valence-electron chi connectivity index (χ0n) is 11.3. The highest BCUT2D eigenvalue weighted by Gasteiger charge is 2.14. The van der Waals surface area contributed by atoms with E-state index >= 15 is 0 Å². The molecule has 22 heavy (non-hydrogen) atoms. The molecule has 0 saturated carbocycles. The summed E-state index contributed by atoms with van der Waals surface area (Å²) in [5.41, 5.74) is 6.88. The minimum atomic E-state index is -0.554. The standard InChI is InChI=1S/C15H11FN4O2/c16-9-5-11(13-12(6-9)18-7-19-13)15(22)20-10-3-1-8(2-4-10)14(17)21/h1-7H,(H2,17,21)(H,18,19)(H,20,22). The minimum Gasteiger partial charge on any atom is -0.366 e. The largest absolute Gasteiger partial charge is 0.366 e. The van der Waals surface area contributed by atoms with Crippen LogP contribution in [0.5, 0.6) is 0 Å². The third kappa shape index (κ3) is 2.51. The van der Waals surface area contributed by atoms with Gasteiger partial charge in [-0.15, -0.1) is 0 Å². The van der Waals surface area contributed by atoms with Gasteiger partial charge in [0.15, 0.2) is 0 Å². The SMILES string of the molecule is NC(=O)c1ccc(NC(=O)c2cc(F)cc3[nH]cnc23)cc1. The van der Waals surface area contributed by atoms with E-state index < -0.39 is 17.6 Å². The predicted octanol–water partition coefficient (Wildman–Crippen LogP) is 2.05. The molecule has 1 heterocycles. The average molecular weight is 298 g/mol. The number of aromatic amines is 1. The van der Waals surface area contributed by atoms with E-state index in [1.54, 1.807) is 12.1 Å². The number of aromatic nitrogens is 2. The highest BCUT2D eigenvalue weighted by atomic mass is 19.1. The van der Waals surface area contributed by atoms with Crippen LogP contribution in [-0.4, -0.2) is 21.8 Å². The molecular weight excluding hydrogens is 287 g/mol. The highest BCUT2D eigenvalue weighted by Crippen LogP contribution is 2.19. The molecule has 7 heteroatoms. The van der Waals surface area contributed by atoms with Gasteiger partial charge in [-0.3, -0.25) is 9.59 Å². The number of hydrogen-bond acceptors (Lipinski definition) is 3.